The van der Waals surface area contributed by atoms with Crippen molar-refractivity contribution in [2.75, 3.05) is 17.1 Å². The van der Waals surface area contributed by atoms with Crippen LogP contribution in [0.5, 0.6) is 0 Å². The minimum atomic E-state index is -3.84. The van der Waals surface area contributed by atoms with E-state index in [1.165, 1.54) is 23.1 Å². The van der Waals surface area contributed by atoms with Crippen LogP contribution in [-0.2, 0) is 26.2 Å². The molecule has 0 radical (unpaired) electrons. The quantitative estimate of drug-likeness (QED) is 0.548. The Hall–Kier alpha value is -2.29. The lowest BCUT2D eigenvalue weighted by Gasteiger charge is -2.32. The normalized spacial score (nSPS) is 12.4. The molecule has 0 heterocycles. The molecule has 0 saturated heterocycles. The van der Waals surface area contributed by atoms with Gasteiger partial charge in [0.05, 0.1) is 22.0 Å². The Balaban J connectivity index is 2.43. The van der Waals surface area contributed by atoms with E-state index in [-0.39, 0.29) is 34.2 Å². The van der Waals surface area contributed by atoms with Crippen LogP contribution >= 0.6 is 23.2 Å². The Kier molecular flexibility index (Phi) is 9.17. The number of carbonyl (C=O) groups excluding carboxylic acids is 2. The van der Waals surface area contributed by atoms with Gasteiger partial charge in [-0.1, -0.05) is 47.5 Å². The summed E-state index contributed by atoms with van der Waals surface area (Å²) in [5.74, 6) is -0.853. The van der Waals surface area contributed by atoms with Crippen LogP contribution in [0.1, 0.15) is 31.9 Å². The number of nitrogens with one attached hydrogen (secondary N) is 1. The number of anilines is 1. The second-order valence-electron chi connectivity index (χ2n) is 8.16. The summed E-state index contributed by atoms with van der Waals surface area (Å²) >= 11 is 12.0. The summed E-state index contributed by atoms with van der Waals surface area (Å²) < 4.78 is 26.0. The van der Waals surface area contributed by atoms with E-state index in [9.17, 15) is 18.0 Å². The monoisotopic (exact) mass is 513 g/mol. The van der Waals surface area contributed by atoms with E-state index in [0.29, 0.717) is 0 Å². The molecule has 0 aliphatic carbocycles. The first-order chi connectivity index (χ1) is 15.3. The molecule has 33 heavy (non-hydrogen) atoms. The van der Waals surface area contributed by atoms with E-state index < -0.39 is 28.5 Å². The van der Waals surface area contributed by atoms with E-state index in [2.05, 4.69) is 5.32 Å². The fourth-order valence-electron chi connectivity index (χ4n) is 3.21. The van der Waals surface area contributed by atoms with Crippen molar-refractivity contribution in [1.82, 2.24) is 10.2 Å². The Morgan fingerprint density at radius 3 is 2.21 bits per heavy atom. The highest BCUT2D eigenvalue weighted by molar-refractivity contribution is 7.92. The third-order valence-electron chi connectivity index (χ3n) is 5.07. The molecule has 0 bridgehead atoms. The maximum atomic E-state index is 13.5. The molecule has 1 N–H and O–H groups in total. The molecule has 1 unspecified atom stereocenters. The van der Waals surface area contributed by atoms with Gasteiger partial charge >= 0.3 is 0 Å². The summed E-state index contributed by atoms with van der Waals surface area (Å²) in [5.41, 5.74) is 2.02. The molecule has 0 fully saturated rings. The fourth-order valence-corrected chi connectivity index (χ4v) is 4.35. The number of benzene rings is 2. The molecule has 0 aromatic heterocycles. The maximum Gasteiger partial charge on any atom is 0.244 e. The number of hydrogen-bond donors (Lipinski definition) is 1. The van der Waals surface area contributed by atoms with Crippen molar-refractivity contribution in [2.24, 2.45) is 0 Å². The van der Waals surface area contributed by atoms with Crippen LogP contribution in [0, 0.1) is 6.92 Å². The average Bonchev–Trinajstić information content (AvgIpc) is 2.71. The first-order valence-electron chi connectivity index (χ1n) is 10.4. The molecular weight excluding hydrogens is 485 g/mol. The molecule has 0 spiro atoms. The van der Waals surface area contributed by atoms with Crippen molar-refractivity contribution < 1.29 is 18.0 Å². The van der Waals surface area contributed by atoms with Gasteiger partial charge < -0.3 is 10.2 Å². The highest BCUT2D eigenvalue weighted by Gasteiger charge is 2.30. The number of amides is 2. The van der Waals surface area contributed by atoms with Gasteiger partial charge in [-0.15, -0.1) is 0 Å². The highest BCUT2D eigenvalue weighted by Crippen LogP contribution is 2.28. The third kappa shape index (κ3) is 7.35. The first kappa shape index (κ1) is 27.0. The molecule has 7 nitrogen and oxygen atoms in total. The number of hydrogen-bond acceptors (Lipinski definition) is 4. The van der Waals surface area contributed by atoms with E-state index in [4.69, 9.17) is 23.2 Å². The van der Waals surface area contributed by atoms with Gasteiger partial charge in [0.2, 0.25) is 21.8 Å². The van der Waals surface area contributed by atoms with E-state index in [1.54, 1.807) is 6.92 Å². The van der Waals surface area contributed by atoms with Gasteiger partial charge in [-0.3, -0.25) is 13.9 Å². The Bertz CT molecular complexity index is 1120. The summed E-state index contributed by atoms with van der Waals surface area (Å²) in [5, 5.41) is 3.24. The van der Waals surface area contributed by atoms with Crippen LogP contribution in [-0.4, -0.2) is 50.0 Å². The lowest BCUT2D eigenvalue weighted by atomic mass is 10.1. The van der Waals surface area contributed by atoms with Gasteiger partial charge in [0.25, 0.3) is 0 Å². The van der Waals surface area contributed by atoms with Crippen LogP contribution < -0.4 is 9.62 Å². The smallest absolute Gasteiger partial charge is 0.244 e. The minimum Gasteiger partial charge on any atom is -0.352 e. The number of nitrogens with zero attached hydrogens (tertiary/aromatic N) is 2. The Morgan fingerprint density at radius 2 is 1.67 bits per heavy atom. The standard InChI is InChI=1S/C23H29Cl2N3O4S/c1-15(2)26-23(30)17(4)27(13-18-9-7-6-8-16(18)3)22(29)14-28(33(5,31)32)19-10-11-20(24)21(25)12-19/h6-12,15,17H,13-14H2,1-5H3,(H,26,30). The van der Waals surface area contributed by atoms with Crippen LogP contribution in [0.4, 0.5) is 5.69 Å². The second-order valence-corrected chi connectivity index (χ2v) is 10.9. The van der Waals surface area contributed by atoms with Crippen molar-refractivity contribution in [3.05, 3.63) is 63.6 Å². The van der Waals surface area contributed by atoms with E-state index in [1.807, 2.05) is 45.0 Å². The van der Waals surface area contributed by atoms with Gasteiger partial charge in [0.15, 0.2) is 0 Å². The number of sulfonamides is 1. The predicted octanol–water partition coefficient (Wildman–Crippen LogP) is 4.01. The summed E-state index contributed by atoms with van der Waals surface area (Å²) in [6.07, 6.45) is 1.00. The summed E-state index contributed by atoms with van der Waals surface area (Å²) in [6, 6.07) is 10.9. The van der Waals surface area contributed by atoms with E-state index >= 15 is 0 Å². The molecule has 2 amide bonds. The Labute approximate surface area is 205 Å². The minimum absolute atomic E-state index is 0.112. The van der Waals surface area contributed by atoms with Crippen LogP contribution in [0.15, 0.2) is 42.5 Å². The molecule has 2 aromatic carbocycles. The molecule has 0 aliphatic rings. The average molecular weight is 514 g/mol. The number of halogens is 2. The van der Waals surface area contributed by atoms with Crippen molar-refractivity contribution in [3.8, 4) is 0 Å². The molecule has 0 aliphatic heterocycles. The number of rotatable bonds is 9. The fraction of sp³-hybridized carbons (Fsp3) is 0.391. The van der Waals surface area contributed by atoms with Crippen molar-refractivity contribution >= 4 is 50.7 Å². The van der Waals surface area contributed by atoms with Crippen molar-refractivity contribution in [3.63, 3.8) is 0 Å². The zero-order valence-electron chi connectivity index (χ0n) is 19.3. The van der Waals surface area contributed by atoms with Gasteiger partial charge in [-0.2, -0.15) is 0 Å². The maximum absolute atomic E-state index is 13.5. The van der Waals surface area contributed by atoms with Crippen molar-refractivity contribution in [1.29, 1.82) is 0 Å². The van der Waals surface area contributed by atoms with Crippen LogP contribution in [0.3, 0.4) is 0 Å². The second kappa shape index (κ2) is 11.2. The zero-order valence-corrected chi connectivity index (χ0v) is 21.6. The number of aryl methyl sites for hydroxylation is 1. The molecule has 1 atom stereocenters. The molecule has 180 valence electrons. The molecule has 2 aromatic rings. The molecular formula is C23H29Cl2N3O4S. The third-order valence-corrected chi connectivity index (χ3v) is 6.95. The van der Waals surface area contributed by atoms with Crippen molar-refractivity contribution in [2.45, 2.75) is 46.3 Å². The summed E-state index contributed by atoms with van der Waals surface area (Å²) in [6.45, 7) is 6.84. The van der Waals surface area contributed by atoms with E-state index in [0.717, 1.165) is 21.7 Å². The zero-order chi connectivity index (χ0) is 24.9. The molecule has 2 rings (SSSR count). The SMILES string of the molecule is Cc1ccccc1CN(C(=O)CN(c1ccc(Cl)c(Cl)c1)S(C)(=O)=O)C(C)C(=O)NC(C)C. The van der Waals surface area contributed by atoms with Gasteiger partial charge in [0.1, 0.15) is 12.6 Å². The summed E-state index contributed by atoms with van der Waals surface area (Å²) in [7, 11) is -3.84. The van der Waals surface area contributed by atoms with Gasteiger partial charge in [0, 0.05) is 12.6 Å². The lowest BCUT2D eigenvalue weighted by molar-refractivity contribution is -0.139. The lowest BCUT2D eigenvalue weighted by Crippen LogP contribution is -2.52. The molecule has 0 saturated carbocycles. The predicted molar refractivity (Wildman–Crippen MR) is 133 cm³/mol. The van der Waals surface area contributed by atoms with Crippen LogP contribution in [0.2, 0.25) is 10.0 Å². The first-order valence-corrected chi connectivity index (χ1v) is 13.0. The van der Waals surface area contributed by atoms with Gasteiger partial charge in [-0.05, 0) is 57.0 Å². The summed E-state index contributed by atoms with van der Waals surface area (Å²) in [4.78, 5) is 27.6. The van der Waals surface area contributed by atoms with Crippen LogP contribution in [0.25, 0.3) is 0 Å². The van der Waals surface area contributed by atoms with Gasteiger partial charge in [-0.25, -0.2) is 8.42 Å². The highest BCUT2D eigenvalue weighted by atomic mass is 35.5. The number of carbonyl (C=O) groups is 2. The molecule has 10 heteroatoms. The largest absolute Gasteiger partial charge is 0.352 e. The Morgan fingerprint density at radius 1 is 1.03 bits per heavy atom. The topological polar surface area (TPSA) is 86.8 Å².